The third-order valence-corrected chi connectivity index (χ3v) is 9.11. The van der Waals surface area contributed by atoms with E-state index in [9.17, 15) is 14.4 Å². The zero-order valence-electron chi connectivity index (χ0n) is 21.0. The van der Waals surface area contributed by atoms with E-state index in [1.54, 1.807) is 0 Å². The van der Waals surface area contributed by atoms with E-state index in [0.29, 0.717) is 16.5 Å². The number of carbonyl (C=O) groups is 3. The molecule has 0 aliphatic heterocycles. The highest BCUT2D eigenvalue weighted by atomic mass is 32.2. The number of rotatable bonds is 7. The van der Waals surface area contributed by atoms with Crippen LogP contribution < -0.4 is 10.6 Å². The van der Waals surface area contributed by atoms with E-state index in [-0.39, 0.29) is 23.1 Å². The summed E-state index contributed by atoms with van der Waals surface area (Å²) in [6, 6.07) is 7.56. The lowest BCUT2D eigenvalue weighted by molar-refractivity contribution is -0.117. The van der Waals surface area contributed by atoms with Crippen LogP contribution in [0.25, 0.3) is 0 Å². The zero-order valence-corrected chi connectivity index (χ0v) is 22.7. The van der Waals surface area contributed by atoms with Gasteiger partial charge in [0.15, 0.2) is 0 Å². The average molecular weight is 515 g/mol. The van der Waals surface area contributed by atoms with E-state index in [4.69, 9.17) is 4.74 Å². The summed E-state index contributed by atoms with van der Waals surface area (Å²) in [5.41, 5.74) is 2.47. The van der Waals surface area contributed by atoms with Crippen molar-refractivity contribution in [3.05, 3.63) is 40.3 Å². The largest absolute Gasteiger partial charge is 0.465 e. The number of hydrogen-bond donors (Lipinski definition) is 2. The van der Waals surface area contributed by atoms with Crippen molar-refractivity contribution in [3.63, 3.8) is 0 Å². The highest BCUT2D eigenvalue weighted by Crippen LogP contribution is 2.44. The Kier molecular flexibility index (Phi) is 7.62. The number of esters is 1. The molecule has 0 radical (unpaired) electrons. The highest BCUT2D eigenvalue weighted by molar-refractivity contribution is 8.00. The van der Waals surface area contributed by atoms with Gasteiger partial charge in [0.1, 0.15) is 5.00 Å². The molecule has 0 spiro atoms. The minimum Gasteiger partial charge on any atom is -0.465 e. The van der Waals surface area contributed by atoms with E-state index in [1.807, 2.05) is 31.2 Å². The van der Waals surface area contributed by atoms with E-state index in [2.05, 4.69) is 31.4 Å². The number of benzene rings is 1. The Morgan fingerprint density at radius 1 is 1.14 bits per heavy atom. The summed E-state index contributed by atoms with van der Waals surface area (Å²) in [4.78, 5) is 39.9. The Morgan fingerprint density at radius 2 is 1.89 bits per heavy atom. The number of ether oxygens (including phenoxy) is 1. The van der Waals surface area contributed by atoms with Gasteiger partial charge in [-0.3, -0.25) is 9.59 Å². The summed E-state index contributed by atoms with van der Waals surface area (Å²) in [5, 5.41) is 6.16. The molecule has 1 saturated carbocycles. The number of carbonyl (C=O) groups excluding carboxylic acids is 3. The second kappa shape index (κ2) is 10.3. The Labute approximate surface area is 215 Å². The molecule has 2 aliphatic rings. The Morgan fingerprint density at radius 3 is 2.54 bits per heavy atom. The molecule has 0 saturated heterocycles. The van der Waals surface area contributed by atoms with Crippen molar-refractivity contribution < 1.29 is 19.1 Å². The summed E-state index contributed by atoms with van der Waals surface area (Å²) in [6.45, 7) is 8.61. The SMILES string of the molecule is COC(=O)c1c(NC(=O)C(C)Sc2cccc(NC(=O)C3CC3)c2)sc2c1CCC(C(C)(C)C)C2. The summed E-state index contributed by atoms with van der Waals surface area (Å²) >= 11 is 2.93. The van der Waals surface area contributed by atoms with Gasteiger partial charge < -0.3 is 15.4 Å². The smallest absolute Gasteiger partial charge is 0.341 e. The van der Waals surface area contributed by atoms with Gasteiger partial charge in [-0.1, -0.05) is 26.8 Å². The van der Waals surface area contributed by atoms with Crippen molar-refractivity contribution in [2.75, 3.05) is 17.7 Å². The lowest BCUT2D eigenvalue weighted by atomic mass is 9.72. The molecule has 0 bridgehead atoms. The molecule has 2 atom stereocenters. The Hall–Kier alpha value is -2.32. The molecule has 2 aromatic rings. The van der Waals surface area contributed by atoms with Crippen LogP contribution in [0, 0.1) is 17.3 Å². The first-order valence-electron chi connectivity index (χ1n) is 12.2. The molecule has 4 rings (SSSR count). The predicted octanol–water partition coefficient (Wildman–Crippen LogP) is 6.15. The van der Waals surface area contributed by atoms with E-state index < -0.39 is 11.2 Å². The summed E-state index contributed by atoms with van der Waals surface area (Å²) in [6.07, 6.45) is 4.65. The van der Waals surface area contributed by atoms with Crippen molar-refractivity contribution >= 4 is 51.6 Å². The van der Waals surface area contributed by atoms with Crippen molar-refractivity contribution in [3.8, 4) is 0 Å². The second-order valence-electron chi connectivity index (χ2n) is 10.5. The lowest BCUT2D eigenvalue weighted by Gasteiger charge is -2.33. The van der Waals surface area contributed by atoms with Crippen molar-refractivity contribution in [2.45, 2.75) is 69.9 Å². The third-order valence-electron chi connectivity index (χ3n) is 6.85. The van der Waals surface area contributed by atoms with Crippen LogP contribution in [0.2, 0.25) is 0 Å². The number of anilines is 2. The standard InChI is InChI=1S/C27H34N2O4S2/c1-15(34-19-8-6-7-18(14-19)28-24(31)16-9-10-16)23(30)29-25-22(26(32)33-5)20-12-11-17(27(2,3)4)13-21(20)35-25/h6-8,14-17H,9-13H2,1-5H3,(H,28,31)(H,29,30). The first-order valence-corrected chi connectivity index (χ1v) is 13.9. The maximum atomic E-state index is 13.1. The number of fused-ring (bicyclic) bond motifs is 1. The van der Waals surface area contributed by atoms with Crippen molar-refractivity contribution in [2.24, 2.45) is 17.3 Å². The van der Waals surface area contributed by atoms with Crippen LogP contribution in [0.4, 0.5) is 10.7 Å². The number of thiophene rings is 1. The molecule has 1 heterocycles. The molecule has 1 fully saturated rings. The maximum absolute atomic E-state index is 13.1. The van der Waals surface area contributed by atoms with Crippen molar-refractivity contribution in [1.82, 2.24) is 0 Å². The van der Waals surface area contributed by atoms with Crippen LogP contribution in [0.3, 0.4) is 0 Å². The average Bonchev–Trinajstić information content (AvgIpc) is 3.59. The van der Waals surface area contributed by atoms with E-state index >= 15 is 0 Å². The molecule has 6 nitrogen and oxygen atoms in total. The molecule has 1 aromatic heterocycles. The fourth-order valence-corrected chi connectivity index (χ4v) is 6.68. The number of thioether (sulfide) groups is 1. The quantitative estimate of drug-likeness (QED) is 0.342. The first kappa shape index (κ1) is 25.8. The van der Waals surface area contributed by atoms with Crippen LogP contribution >= 0.6 is 23.1 Å². The Balaban J connectivity index is 1.47. The minimum atomic E-state index is -0.397. The molecule has 188 valence electrons. The van der Waals surface area contributed by atoms with Gasteiger partial charge in [0.2, 0.25) is 11.8 Å². The van der Waals surface area contributed by atoms with E-state index in [0.717, 1.165) is 48.3 Å². The van der Waals surface area contributed by atoms with Crippen LogP contribution in [-0.4, -0.2) is 30.1 Å². The van der Waals surface area contributed by atoms with Gasteiger partial charge in [0, 0.05) is 21.4 Å². The zero-order chi connectivity index (χ0) is 25.3. The van der Waals surface area contributed by atoms with Crippen LogP contribution in [0.5, 0.6) is 0 Å². The molecule has 35 heavy (non-hydrogen) atoms. The summed E-state index contributed by atoms with van der Waals surface area (Å²) in [5.74, 6) is 0.161. The number of hydrogen-bond acceptors (Lipinski definition) is 6. The lowest BCUT2D eigenvalue weighted by Crippen LogP contribution is -2.26. The van der Waals surface area contributed by atoms with Crippen LogP contribution in [0.1, 0.15) is 67.8 Å². The number of methoxy groups -OCH3 is 1. The van der Waals surface area contributed by atoms with Gasteiger partial charge in [-0.2, -0.15) is 0 Å². The summed E-state index contributed by atoms with van der Waals surface area (Å²) in [7, 11) is 1.38. The molecular formula is C27H34N2O4S2. The number of amides is 2. The first-order chi connectivity index (χ1) is 16.6. The molecule has 2 unspecified atom stereocenters. The summed E-state index contributed by atoms with van der Waals surface area (Å²) < 4.78 is 5.08. The van der Waals surface area contributed by atoms with Crippen LogP contribution in [-0.2, 0) is 27.2 Å². The third kappa shape index (κ3) is 6.09. The molecule has 1 aromatic carbocycles. The van der Waals surface area contributed by atoms with Gasteiger partial charge in [0.05, 0.1) is 17.9 Å². The van der Waals surface area contributed by atoms with E-state index in [1.165, 1.54) is 35.1 Å². The fraction of sp³-hybridized carbons (Fsp3) is 0.519. The fourth-order valence-electron chi connectivity index (χ4n) is 4.44. The van der Waals surface area contributed by atoms with Gasteiger partial charge in [-0.25, -0.2) is 4.79 Å². The van der Waals surface area contributed by atoms with Gasteiger partial charge in [0.25, 0.3) is 0 Å². The second-order valence-corrected chi connectivity index (χ2v) is 13.1. The van der Waals surface area contributed by atoms with Crippen molar-refractivity contribution in [1.29, 1.82) is 0 Å². The normalized spacial score (nSPS) is 18.4. The topological polar surface area (TPSA) is 84.5 Å². The van der Waals surface area contributed by atoms with Gasteiger partial charge in [-0.15, -0.1) is 23.1 Å². The highest BCUT2D eigenvalue weighted by Gasteiger charge is 2.35. The number of nitrogens with one attached hydrogen (secondary N) is 2. The maximum Gasteiger partial charge on any atom is 0.341 e. The molecule has 2 amide bonds. The van der Waals surface area contributed by atoms with Gasteiger partial charge >= 0.3 is 5.97 Å². The monoisotopic (exact) mass is 514 g/mol. The predicted molar refractivity (Wildman–Crippen MR) is 142 cm³/mol. The molecular weight excluding hydrogens is 480 g/mol. The molecule has 8 heteroatoms. The Bertz CT molecular complexity index is 1130. The van der Waals surface area contributed by atoms with Gasteiger partial charge in [-0.05, 0) is 74.1 Å². The molecule has 2 aliphatic carbocycles. The van der Waals surface area contributed by atoms with Crippen LogP contribution in [0.15, 0.2) is 29.2 Å². The minimum absolute atomic E-state index is 0.0589. The molecule has 2 N–H and O–H groups in total.